The van der Waals surface area contributed by atoms with Crippen molar-refractivity contribution in [3.63, 3.8) is 0 Å². The Balaban J connectivity index is 2.20. The summed E-state index contributed by atoms with van der Waals surface area (Å²) in [6, 6.07) is 7.27. The zero-order valence-corrected chi connectivity index (χ0v) is 23.0. The lowest BCUT2D eigenvalue weighted by atomic mass is 10.1. The van der Waals surface area contributed by atoms with E-state index in [2.05, 4.69) is 49.2 Å². The van der Waals surface area contributed by atoms with Crippen LogP contribution in [0.1, 0.15) is 45.1 Å². The maximum Gasteiger partial charge on any atom is 0.240 e. The number of rotatable bonds is 17. The number of carbonyl (C=O) groups is 5. The van der Waals surface area contributed by atoms with E-state index >= 15 is 0 Å². The summed E-state index contributed by atoms with van der Waals surface area (Å²) in [6.07, 6.45) is 2.55. The highest BCUT2D eigenvalue weighted by Crippen LogP contribution is 2.08. The van der Waals surface area contributed by atoms with Gasteiger partial charge in [0.25, 0.3) is 0 Å². The summed E-state index contributed by atoms with van der Waals surface area (Å²) >= 11 is 2.23. The van der Waals surface area contributed by atoms with Crippen LogP contribution in [0, 0.1) is 3.57 Å². The topological polar surface area (TPSA) is 172 Å². The molecule has 0 bridgehead atoms. The van der Waals surface area contributed by atoms with E-state index in [9.17, 15) is 24.0 Å². The van der Waals surface area contributed by atoms with Crippen LogP contribution in [0.5, 0.6) is 0 Å². The van der Waals surface area contributed by atoms with Gasteiger partial charge in [0.1, 0.15) is 6.04 Å². The van der Waals surface area contributed by atoms with Crippen molar-refractivity contribution >= 4 is 52.1 Å². The van der Waals surface area contributed by atoms with Gasteiger partial charge < -0.3 is 32.3 Å². The minimum atomic E-state index is -0.882. The number of nitrogens with one attached hydrogen (secondary N) is 5. The number of amides is 5. The van der Waals surface area contributed by atoms with E-state index < -0.39 is 23.8 Å². The van der Waals surface area contributed by atoms with Gasteiger partial charge in [-0.2, -0.15) is 0 Å². The van der Waals surface area contributed by atoms with Crippen LogP contribution in [0.4, 0.5) is 0 Å². The predicted octanol–water partition coefficient (Wildman–Crippen LogP) is -0.289. The molecule has 1 rings (SSSR count). The van der Waals surface area contributed by atoms with Crippen molar-refractivity contribution in [2.24, 2.45) is 5.73 Å². The van der Waals surface area contributed by atoms with Gasteiger partial charge in [0, 0.05) is 22.6 Å². The number of hydrogen-bond acceptors (Lipinski definition) is 6. The highest BCUT2D eigenvalue weighted by Gasteiger charge is 2.18. The lowest BCUT2D eigenvalue weighted by molar-refractivity contribution is -0.129. The third kappa shape index (κ3) is 15.3. The molecule has 0 fully saturated rings. The van der Waals surface area contributed by atoms with Gasteiger partial charge >= 0.3 is 0 Å². The van der Waals surface area contributed by atoms with Gasteiger partial charge in [-0.3, -0.25) is 24.0 Å². The Labute approximate surface area is 225 Å². The minimum Gasteiger partial charge on any atom is -0.368 e. The Morgan fingerprint density at radius 1 is 0.833 bits per heavy atom. The first-order valence-electron chi connectivity index (χ1n) is 11.9. The number of carbonyl (C=O) groups excluding carboxylic acids is 5. The van der Waals surface area contributed by atoms with Gasteiger partial charge in [-0.1, -0.05) is 26.0 Å². The fraction of sp³-hybridized carbons (Fsp3) is 0.542. The Bertz CT molecular complexity index is 878. The highest BCUT2D eigenvalue weighted by molar-refractivity contribution is 14.1. The minimum absolute atomic E-state index is 0.0450. The Hall–Kier alpha value is -2.74. The maximum atomic E-state index is 12.1. The Kier molecular flexibility index (Phi) is 15.3. The van der Waals surface area contributed by atoms with Crippen LogP contribution >= 0.6 is 22.6 Å². The number of benzene rings is 1. The van der Waals surface area contributed by atoms with E-state index in [0.717, 1.165) is 9.13 Å². The molecule has 0 aliphatic rings. The average Bonchev–Trinajstić information content (AvgIpc) is 2.83. The molecule has 200 valence electrons. The largest absolute Gasteiger partial charge is 0.368 e. The first-order valence-corrected chi connectivity index (χ1v) is 13.0. The Morgan fingerprint density at radius 2 is 1.44 bits per heavy atom. The molecular weight excluding hydrogens is 579 g/mol. The molecule has 0 saturated carbocycles. The number of unbranched alkanes of at least 4 members (excludes halogenated alkanes) is 1. The molecule has 12 heteroatoms. The molecule has 7 N–H and O–H groups in total. The normalized spacial score (nSPS) is 11.4. The van der Waals surface area contributed by atoms with Crippen molar-refractivity contribution in [2.75, 3.05) is 26.2 Å². The third-order valence-corrected chi connectivity index (χ3v) is 5.76. The molecule has 0 aliphatic heterocycles. The number of halogens is 1. The maximum absolute atomic E-state index is 12.1. The van der Waals surface area contributed by atoms with Gasteiger partial charge in [0.15, 0.2) is 0 Å². The molecule has 0 unspecified atom stereocenters. The second-order valence-electron chi connectivity index (χ2n) is 8.58. The third-order valence-electron chi connectivity index (χ3n) is 5.04. The second kappa shape index (κ2) is 17.7. The fourth-order valence-corrected chi connectivity index (χ4v) is 3.37. The molecule has 1 aromatic carbocycles. The van der Waals surface area contributed by atoms with Crippen LogP contribution in [0.3, 0.4) is 0 Å². The standard InChI is InChI=1S/C24H37IN6O5/c1-16(2)28-13-21(33)29-14-22(34)30-15-23(35)31-19(24(26)36)5-3-4-12-27-20(32)11-8-17-6-9-18(25)10-7-17/h6-7,9-10,16,19,28H,3-5,8,11-15H2,1-2H3,(H2,26,36)(H,27,32)(H,29,33)(H,30,34)(H,31,35)/t19-/m0/s1. The molecule has 1 aromatic rings. The number of hydrogen-bond donors (Lipinski definition) is 6. The van der Waals surface area contributed by atoms with Crippen LogP contribution < -0.4 is 32.3 Å². The highest BCUT2D eigenvalue weighted by atomic mass is 127. The Morgan fingerprint density at radius 3 is 2.06 bits per heavy atom. The van der Waals surface area contributed by atoms with Crippen molar-refractivity contribution in [1.29, 1.82) is 0 Å². The van der Waals surface area contributed by atoms with Gasteiger partial charge in [-0.15, -0.1) is 0 Å². The summed E-state index contributed by atoms with van der Waals surface area (Å²) in [5.74, 6) is -2.16. The summed E-state index contributed by atoms with van der Waals surface area (Å²) < 4.78 is 1.15. The fourth-order valence-electron chi connectivity index (χ4n) is 3.01. The molecule has 0 aromatic heterocycles. The predicted molar refractivity (Wildman–Crippen MR) is 145 cm³/mol. The molecule has 11 nitrogen and oxygen atoms in total. The monoisotopic (exact) mass is 616 g/mol. The van der Waals surface area contributed by atoms with Crippen LogP contribution in [0.25, 0.3) is 0 Å². The zero-order chi connectivity index (χ0) is 26.9. The smallest absolute Gasteiger partial charge is 0.240 e. The van der Waals surface area contributed by atoms with Crippen molar-refractivity contribution in [1.82, 2.24) is 26.6 Å². The van der Waals surface area contributed by atoms with E-state index in [0.29, 0.717) is 38.6 Å². The number of aryl methyl sites for hydroxylation is 1. The van der Waals surface area contributed by atoms with E-state index in [-0.39, 0.29) is 37.5 Å². The molecule has 0 heterocycles. The van der Waals surface area contributed by atoms with E-state index in [1.165, 1.54) is 0 Å². The van der Waals surface area contributed by atoms with Gasteiger partial charge in [0.2, 0.25) is 29.5 Å². The first kappa shape index (κ1) is 31.3. The lowest BCUT2D eigenvalue weighted by Crippen LogP contribution is -2.49. The SMILES string of the molecule is CC(C)NCC(=O)NCC(=O)NCC(=O)N[C@@H](CCCCNC(=O)CCc1ccc(I)cc1)C(N)=O. The molecule has 1 atom stereocenters. The van der Waals surface area contributed by atoms with Crippen LogP contribution in [0.2, 0.25) is 0 Å². The average molecular weight is 617 g/mol. The molecule has 5 amide bonds. The summed E-state index contributed by atoms with van der Waals surface area (Å²) in [5, 5.41) is 13.1. The van der Waals surface area contributed by atoms with Crippen LogP contribution in [-0.4, -0.2) is 67.8 Å². The van der Waals surface area contributed by atoms with Crippen molar-refractivity contribution in [2.45, 2.75) is 58.0 Å². The van der Waals surface area contributed by atoms with Gasteiger partial charge in [-0.05, 0) is 66.0 Å². The van der Waals surface area contributed by atoms with Crippen molar-refractivity contribution in [3.8, 4) is 0 Å². The van der Waals surface area contributed by atoms with Crippen LogP contribution in [0.15, 0.2) is 24.3 Å². The second-order valence-corrected chi connectivity index (χ2v) is 9.83. The van der Waals surface area contributed by atoms with Crippen molar-refractivity contribution in [3.05, 3.63) is 33.4 Å². The molecule has 0 spiro atoms. The van der Waals surface area contributed by atoms with Gasteiger partial charge in [-0.25, -0.2) is 0 Å². The molecular formula is C24H37IN6O5. The molecule has 0 aliphatic carbocycles. The summed E-state index contributed by atoms with van der Waals surface area (Å²) in [4.78, 5) is 59.1. The summed E-state index contributed by atoms with van der Waals surface area (Å²) in [6.45, 7) is 3.72. The zero-order valence-electron chi connectivity index (χ0n) is 20.8. The summed E-state index contributed by atoms with van der Waals surface area (Å²) in [5.41, 5.74) is 6.48. The first-order chi connectivity index (χ1) is 17.1. The molecule has 36 heavy (non-hydrogen) atoms. The molecule has 0 radical (unpaired) electrons. The van der Waals surface area contributed by atoms with Gasteiger partial charge in [0.05, 0.1) is 19.6 Å². The van der Waals surface area contributed by atoms with Crippen molar-refractivity contribution < 1.29 is 24.0 Å². The molecule has 0 saturated heterocycles. The lowest BCUT2D eigenvalue weighted by Gasteiger charge is -2.16. The summed E-state index contributed by atoms with van der Waals surface area (Å²) in [7, 11) is 0. The van der Waals surface area contributed by atoms with E-state index in [4.69, 9.17) is 5.73 Å². The van der Waals surface area contributed by atoms with E-state index in [1.54, 1.807) is 0 Å². The van der Waals surface area contributed by atoms with E-state index in [1.807, 2.05) is 38.1 Å². The quantitative estimate of drug-likeness (QED) is 0.104. The number of nitrogens with two attached hydrogens (primary N) is 1. The van der Waals surface area contributed by atoms with Crippen LogP contribution in [-0.2, 0) is 30.4 Å². The number of primary amides is 1.